The first kappa shape index (κ1) is 16.3. The predicted molar refractivity (Wildman–Crippen MR) is 84.2 cm³/mol. The van der Waals surface area contributed by atoms with Gasteiger partial charge in [-0.2, -0.15) is 0 Å². The number of methoxy groups -OCH3 is 1. The summed E-state index contributed by atoms with van der Waals surface area (Å²) in [5.41, 5.74) is 1.98. The molecule has 0 spiro atoms. The Hall–Kier alpha value is -1.07. The van der Waals surface area contributed by atoms with Gasteiger partial charge in [-0.25, -0.2) is 13.1 Å². The number of ether oxygens (including phenoxy) is 1. The quantitative estimate of drug-likeness (QED) is 0.929. The summed E-state index contributed by atoms with van der Waals surface area (Å²) in [6.45, 7) is 5.98. The van der Waals surface area contributed by atoms with Crippen LogP contribution in [-0.2, 0) is 10.0 Å². The van der Waals surface area contributed by atoms with Crippen LogP contribution in [0.4, 0.5) is 0 Å². The van der Waals surface area contributed by atoms with Crippen LogP contribution in [0.2, 0.25) is 0 Å². The van der Waals surface area contributed by atoms with E-state index in [2.05, 4.69) is 11.6 Å². The molecule has 1 aliphatic carbocycles. The van der Waals surface area contributed by atoms with Crippen molar-refractivity contribution in [2.75, 3.05) is 7.11 Å². The third-order valence-corrected chi connectivity index (χ3v) is 6.00. The van der Waals surface area contributed by atoms with Crippen LogP contribution in [0.3, 0.4) is 0 Å². The highest BCUT2D eigenvalue weighted by Gasteiger charge is 2.28. The maximum Gasteiger partial charge on any atom is 0.244 e. The van der Waals surface area contributed by atoms with Crippen LogP contribution >= 0.6 is 0 Å². The summed E-state index contributed by atoms with van der Waals surface area (Å²) < 4.78 is 33.5. The van der Waals surface area contributed by atoms with E-state index in [1.54, 1.807) is 12.1 Å². The average molecular weight is 311 g/mol. The highest BCUT2D eigenvalue weighted by atomic mass is 32.2. The smallest absolute Gasteiger partial charge is 0.244 e. The molecule has 0 unspecified atom stereocenters. The largest absolute Gasteiger partial charge is 0.495 e. The first-order chi connectivity index (χ1) is 9.85. The third kappa shape index (κ3) is 3.58. The molecule has 0 heterocycles. The number of aryl methyl sites for hydroxylation is 2. The molecule has 4 nitrogen and oxygen atoms in total. The first-order valence-electron chi connectivity index (χ1n) is 7.52. The van der Waals surface area contributed by atoms with Gasteiger partial charge in [0.05, 0.1) is 7.11 Å². The molecular weight excluding hydrogens is 286 g/mol. The van der Waals surface area contributed by atoms with Gasteiger partial charge in [0.25, 0.3) is 0 Å². The fraction of sp³-hybridized carbons (Fsp3) is 0.625. The molecule has 1 aromatic carbocycles. The lowest BCUT2D eigenvalue weighted by molar-refractivity contribution is 0.310. The van der Waals surface area contributed by atoms with E-state index in [1.165, 1.54) is 13.5 Å². The highest BCUT2D eigenvalue weighted by Crippen LogP contribution is 2.30. The molecule has 0 aromatic heterocycles. The van der Waals surface area contributed by atoms with Crippen LogP contribution in [0, 0.1) is 19.8 Å². The Morgan fingerprint density at radius 3 is 2.38 bits per heavy atom. The number of rotatable bonds is 4. The van der Waals surface area contributed by atoms with Crippen molar-refractivity contribution in [2.24, 2.45) is 5.92 Å². The molecule has 1 N–H and O–H groups in total. The third-order valence-electron chi connectivity index (χ3n) is 4.49. The second-order valence-electron chi connectivity index (χ2n) is 6.08. The maximum absolute atomic E-state index is 12.7. The van der Waals surface area contributed by atoms with Gasteiger partial charge in [-0.15, -0.1) is 0 Å². The summed E-state index contributed by atoms with van der Waals surface area (Å²) in [6, 6.07) is 3.51. The molecule has 0 saturated heterocycles. The lowest BCUT2D eigenvalue weighted by Gasteiger charge is -2.29. The molecule has 0 radical (unpaired) electrons. The minimum absolute atomic E-state index is 0.0232. The van der Waals surface area contributed by atoms with E-state index >= 15 is 0 Å². The van der Waals surface area contributed by atoms with Crippen molar-refractivity contribution in [3.8, 4) is 5.75 Å². The second-order valence-corrected chi connectivity index (χ2v) is 7.76. The Kier molecular flexibility index (Phi) is 4.94. The fourth-order valence-electron chi connectivity index (χ4n) is 2.89. The summed E-state index contributed by atoms with van der Waals surface area (Å²) in [7, 11) is -2.04. The molecular formula is C16H25NO3S. The average Bonchev–Trinajstić information content (AvgIpc) is 2.43. The van der Waals surface area contributed by atoms with E-state index in [0.29, 0.717) is 11.7 Å². The van der Waals surface area contributed by atoms with Gasteiger partial charge in [0.2, 0.25) is 10.0 Å². The molecule has 21 heavy (non-hydrogen) atoms. The molecule has 1 fully saturated rings. The lowest BCUT2D eigenvalue weighted by Crippen LogP contribution is -2.41. The SMILES string of the molecule is COc1cc(C)c(C)cc1S(=O)(=O)N[C@@H]1CCCC[C@@H]1C. The Bertz CT molecular complexity index is 610. The summed E-state index contributed by atoms with van der Waals surface area (Å²) in [5.74, 6) is 0.792. The van der Waals surface area contributed by atoms with Crippen LogP contribution in [0.25, 0.3) is 0 Å². The van der Waals surface area contributed by atoms with Gasteiger partial charge < -0.3 is 4.74 Å². The summed E-state index contributed by atoms with van der Waals surface area (Å²) in [5, 5.41) is 0. The normalized spacial score (nSPS) is 23.0. The van der Waals surface area contributed by atoms with Crippen molar-refractivity contribution in [3.63, 3.8) is 0 Å². The minimum Gasteiger partial charge on any atom is -0.495 e. The van der Waals surface area contributed by atoms with E-state index < -0.39 is 10.0 Å². The van der Waals surface area contributed by atoms with E-state index in [-0.39, 0.29) is 10.9 Å². The number of benzene rings is 1. The molecule has 1 saturated carbocycles. The Morgan fingerprint density at radius 1 is 1.14 bits per heavy atom. The van der Waals surface area contributed by atoms with E-state index in [4.69, 9.17) is 4.74 Å². The Morgan fingerprint density at radius 2 is 1.76 bits per heavy atom. The maximum atomic E-state index is 12.7. The van der Waals surface area contributed by atoms with Crippen molar-refractivity contribution in [1.29, 1.82) is 0 Å². The van der Waals surface area contributed by atoms with Crippen LogP contribution in [-0.4, -0.2) is 21.6 Å². The molecule has 0 aliphatic heterocycles. The molecule has 0 amide bonds. The first-order valence-corrected chi connectivity index (χ1v) is 9.01. The summed E-state index contributed by atoms with van der Waals surface area (Å²) in [6.07, 6.45) is 4.26. The van der Waals surface area contributed by atoms with Gasteiger partial charge in [-0.1, -0.05) is 19.8 Å². The monoisotopic (exact) mass is 311 g/mol. The van der Waals surface area contributed by atoms with Crippen molar-refractivity contribution in [3.05, 3.63) is 23.3 Å². The zero-order valence-corrected chi connectivity index (χ0v) is 14.1. The Labute approximate surface area is 127 Å². The number of sulfonamides is 1. The molecule has 0 bridgehead atoms. The van der Waals surface area contributed by atoms with E-state index in [0.717, 1.165) is 30.4 Å². The number of hydrogen-bond acceptors (Lipinski definition) is 3. The number of nitrogens with one attached hydrogen (secondary N) is 1. The topological polar surface area (TPSA) is 55.4 Å². The molecule has 5 heteroatoms. The standard InChI is InChI=1S/C16H25NO3S/c1-11-7-5-6-8-14(11)17-21(18,19)16-10-13(3)12(2)9-15(16)20-4/h9-11,14,17H,5-8H2,1-4H3/t11-,14+/m0/s1. The van der Waals surface area contributed by atoms with Gasteiger partial charge in [0.1, 0.15) is 10.6 Å². The Balaban J connectivity index is 2.33. The molecule has 1 aliphatic rings. The second kappa shape index (κ2) is 6.36. The van der Waals surface area contributed by atoms with Gasteiger partial charge in [-0.3, -0.25) is 0 Å². The summed E-state index contributed by atoms with van der Waals surface area (Å²) in [4.78, 5) is 0.242. The van der Waals surface area contributed by atoms with E-state index in [1.807, 2.05) is 13.8 Å². The van der Waals surface area contributed by atoms with Gasteiger partial charge in [-0.05, 0) is 55.9 Å². The zero-order chi connectivity index (χ0) is 15.6. The molecule has 1 aromatic rings. The predicted octanol–water partition coefficient (Wildman–Crippen LogP) is 3.17. The van der Waals surface area contributed by atoms with Crippen molar-refractivity contribution in [1.82, 2.24) is 4.72 Å². The van der Waals surface area contributed by atoms with Crippen molar-refractivity contribution < 1.29 is 13.2 Å². The molecule has 2 atom stereocenters. The van der Waals surface area contributed by atoms with Crippen LogP contribution in [0.15, 0.2) is 17.0 Å². The van der Waals surface area contributed by atoms with Gasteiger partial charge >= 0.3 is 0 Å². The minimum atomic E-state index is -3.55. The van der Waals surface area contributed by atoms with Gasteiger partial charge in [0, 0.05) is 6.04 Å². The zero-order valence-electron chi connectivity index (χ0n) is 13.3. The van der Waals surface area contributed by atoms with E-state index in [9.17, 15) is 8.42 Å². The molecule has 118 valence electrons. The van der Waals surface area contributed by atoms with Crippen LogP contribution < -0.4 is 9.46 Å². The van der Waals surface area contributed by atoms with Crippen LogP contribution in [0.5, 0.6) is 5.75 Å². The van der Waals surface area contributed by atoms with Crippen molar-refractivity contribution in [2.45, 2.75) is 57.4 Å². The highest BCUT2D eigenvalue weighted by molar-refractivity contribution is 7.89. The van der Waals surface area contributed by atoms with Crippen LogP contribution in [0.1, 0.15) is 43.7 Å². The lowest BCUT2D eigenvalue weighted by atomic mass is 9.87. The number of hydrogen-bond donors (Lipinski definition) is 1. The van der Waals surface area contributed by atoms with Crippen molar-refractivity contribution >= 4 is 10.0 Å². The summed E-state index contributed by atoms with van der Waals surface area (Å²) >= 11 is 0. The van der Waals surface area contributed by atoms with Gasteiger partial charge in [0.15, 0.2) is 0 Å². The fourth-order valence-corrected chi connectivity index (χ4v) is 4.50. The molecule has 2 rings (SSSR count).